The molecule has 3 N–H and O–H groups in total. The second kappa shape index (κ2) is 5.84. The quantitative estimate of drug-likeness (QED) is 0.387. The minimum absolute atomic E-state index is 0.00884. The third-order valence-corrected chi connectivity index (χ3v) is 3.96. The lowest BCUT2D eigenvalue weighted by Crippen LogP contribution is -2.29. The number of hydrogen-bond acceptors (Lipinski definition) is 4. The predicted molar refractivity (Wildman–Crippen MR) is 67.7 cm³/mol. The summed E-state index contributed by atoms with van der Waals surface area (Å²) in [6, 6.07) is 0.322. The second-order valence-corrected chi connectivity index (χ2v) is 5.42. The number of nitrogens with one attached hydrogen (secondary N) is 1. The number of hydrogen-bond donors (Lipinski definition) is 2. The molecule has 0 aliphatic heterocycles. The maximum absolute atomic E-state index is 13.8. The van der Waals surface area contributed by atoms with E-state index in [2.05, 4.69) is 10.4 Å². The predicted octanol–water partition coefficient (Wildman–Crippen LogP) is 3.65. The molecule has 0 radical (unpaired) electrons. The Morgan fingerprint density at radius 1 is 1.24 bits per heavy atom. The van der Waals surface area contributed by atoms with Gasteiger partial charge < -0.3 is 0 Å². The maximum Gasteiger partial charge on any atom is 0.443 e. The number of halogens is 6. The number of nitrogens with two attached hydrogens (primary N) is 1. The molecule has 1 aromatic heterocycles. The van der Waals surface area contributed by atoms with Gasteiger partial charge in [0.1, 0.15) is 11.6 Å². The van der Waals surface area contributed by atoms with Crippen molar-refractivity contribution in [2.24, 2.45) is 5.84 Å². The molecule has 3 nitrogen and oxygen atoms in total. The first kappa shape index (κ1) is 16.1. The first-order chi connectivity index (χ1) is 9.74. The first-order valence-electron chi connectivity index (χ1n) is 5.37. The number of nitrogens with zero attached hydrogens (tertiary/aromatic N) is 1. The van der Waals surface area contributed by atoms with Crippen LogP contribution in [0.5, 0.6) is 0 Å². The van der Waals surface area contributed by atoms with E-state index in [0.717, 1.165) is 18.3 Å². The van der Waals surface area contributed by atoms with E-state index in [-0.39, 0.29) is 21.8 Å². The molecule has 2 rings (SSSR count). The molecule has 1 unspecified atom stereocenters. The number of rotatable bonds is 3. The lowest BCUT2D eigenvalue weighted by molar-refractivity contribution is -0.137. The van der Waals surface area contributed by atoms with Gasteiger partial charge in [0.05, 0.1) is 11.1 Å². The summed E-state index contributed by atoms with van der Waals surface area (Å²) in [4.78, 5) is 3.20. The highest BCUT2D eigenvalue weighted by Crippen LogP contribution is 2.36. The van der Waals surface area contributed by atoms with Gasteiger partial charge in [0, 0.05) is 16.6 Å². The number of thiazole rings is 1. The molecule has 0 saturated heterocycles. The van der Waals surface area contributed by atoms with E-state index >= 15 is 0 Å². The van der Waals surface area contributed by atoms with Crippen molar-refractivity contribution in [2.75, 3.05) is 0 Å². The van der Waals surface area contributed by atoms with Crippen LogP contribution in [0.2, 0.25) is 5.02 Å². The van der Waals surface area contributed by atoms with Crippen molar-refractivity contribution in [1.82, 2.24) is 10.4 Å². The van der Waals surface area contributed by atoms with Gasteiger partial charge in [-0.2, -0.15) is 13.2 Å². The largest absolute Gasteiger partial charge is 0.443 e. The van der Waals surface area contributed by atoms with Crippen molar-refractivity contribution in [1.29, 1.82) is 0 Å². The van der Waals surface area contributed by atoms with Crippen LogP contribution in [0.15, 0.2) is 18.3 Å². The Kier molecular flexibility index (Phi) is 4.47. The number of alkyl halides is 3. The summed E-state index contributed by atoms with van der Waals surface area (Å²) in [6.45, 7) is 0. The fraction of sp³-hybridized carbons (Fsp3) is 0.182. The summed E-state index contributed by atoms with van der Waals surface area (Å²) in [5, 5.41) is -1.54. The van der Waals surface area contributed by atoms with Crippen LogP contribution in [0, 0.1) is 11.6 Å². The van der Waals surface area contributed by atoms with E-state index in [0.29, 0.717) is 0 Å². The summed E-state index contributed by atoms with van der Waals surface area (Å²) >= 11 is 5.70. The van der Waals surface area contributed by atoms with Gasteiger partial charge in [-0.05, 0) is 12.1 Å². The number of hydrazine groups is 1. The lowest BCUT2D eigenvalue weighted by atomic mass is 10.1. The molecule has 2 aromatic rings. The highest BCUT2D eigenvalue weighted by molar-refractivity contribution is 7.11. The van der Waals surface area contributed by atoms with Gasteiger partial charge in [-0.25, -0.2) is 19.2 Å². The van der Waals surface area contributed by atoms with Crippen LogP contribution in [0.25, 0.3) is 0 Å². The third-order valence-electron chi connectivity index (χ3n) is 2.57. The molecular formula is C11H7ClF5N3S. The average molecular weight is 344 g/mol. The van der Waals surface area contributed by atoms with Crippen LogP contribution in [0.1, 0.15) is 21.5 Å². The molecule has 1 atom stereocenters. The van der Waals surface area contributed by atoms with Crippen molar-refractivity contribution >= 4 is 22.9 Å². The Bertz CT molecular complexity index is 658. The fourth-order valence-electron chi connectivity index (χ4n) is 1.64. The molecule has 0 aliphatic rings. The minimum atomic E-state index is -4.62. The van der Waals surface area contributed by atoms with E-state index in [4.69, 9.17) is 17.4 Å². The zero-order chi connectivity index (χ0) is 15.8. The Morgan fingerprint density at radius 3 is 2.43 bits per heavy atom. The molecule has 21 heavy (non-hydrogen) atoms. The van der Waals surface area contributed by atoms with Crippen LogP contribution < -0.4 is 11.3 Å². The minimum Gasteiger partial charge on any atom is -0.271 e. The molecule has 1 heterocycles. The summed E-state index contributed by atoms with van der Waals surface area (Å²) in [5.41, 5.74) is 1.87. The summed E-state index contributed by atoms with van der Waals surface area (Å²) in [5.74, 6) is 3.43. The zero-order valence-electron chi connectivity index (χ0n) is 10.0. The van der Waals surface area contributed by atoms with Crippen LogP contribution in [0.3, 0.4) is 0 Å². The van der Waals surface area contributed by atoms with Gasteiger partial charge in [-0.3, -0.25) is 5.84 Å². The molecule has 0 amide bonds. The highest BCUT2D eigenvalue weighted by Gasteiger charge is 2.35. The molecule has 0 bridgehead atoms. The van der Waals surface area contributed by atoms with Gasteiger partial charge >= 0.3 is 6.18 Å². The molecule has 0 aliphatic carbocycles. The number of benzene rings is 1. The van der Waals surface area contributed by atoms with E-state index in [9.17, 15) is 22.0 Å². The lowest BCUT2D eigenvalue weighted by Gasteiger charge is -2.15. The van der Waals surface area contributed by atoms with Crippen molar-refractivity contribution in [2.45, 2.75) is 12.2 Å². The van der Waals surface area contributed by atoms with Crippen LogP contribution in [-0.4, -0.2) is 4.98 Å². The van der Waals surface area contributed by atoms with Gasteiger partial charge in [0.15, 0.2) is 5.01 Å². The normalized spacial score (nSPS) is 13.5. The fourth-order valence-corrected chi connectivity index (χ4v) is 2.65. The standard InChI is InChI=1S/C11H7ClF5N3S/c12-5-2-6(13)4(1-7(5)14)9(20-18)8-3-19-10(21-8)11(15,16)17/h1-3,9,20H,18H2. The van der Waals surface area contributed by atoms with Crippen LogP contribution in [0.4, 0.5) is 22.0 Å². The number of aromatic nitrogens is 1. The van der Waals surface area contributed by atoms with Crippen LogP contribution in [-0.2, 0) is 6.18 Å². The van der Waals surface area contributed by atoms with Crippen molar-refractivity contribution in [3.8, 4) is 0 Å². The van der Waals surface area contributed by atoms with Gasteiger partial charge in [0.25, 0.3) is 0 Å². The van der Waals surface area contributed by atoms with E-state index in [1.54, 1.807) is 0 Å². The highest BCUT2D eigenvalue weighted by atomic mass is 35.5. The van der Waals surface area contributed by atoms with Gasteiger partial charge in [-0.15, -0.1) is 11.3 Å². The van der Waals surface area contributed by atoms with Crippen LogP contribution >= 0.6 is 22.9 Å². The topological polar surface area (TPSA) is 50.9 Å². The summed E-state index contributed by atoms with van der Waals surface area (Å²) < 4.78 is 64.8. The zero-order valence-corrected chi connectivity index (χ0v) is 11.6. The third kappa shape index (κ3) is 3.31. The Morgan fingerprint density at radius 2 is 1.90 bits per heavy atom. The Hall–Kier alpha value is -1.29. The smallest absolute Gasteiger partial charge is 0.271 e. The SMILES string of the molecule is NNC(c1cnc(C(F)(F)F)s1)c1cc(F)c(Cl)cc1F. The monoisotopic (exact) mass is 343 g/mol. The Balaban J connectivity index is 2.45. The van der Waals surface area contributed by atoms with E-state index in [1.807, 2.05) is 0 Å². The van der Waals surface area contributed by atoms with Gasteiger partial charge in [-0.1, -0.05) is 11.6 Å². The van der Waals surface area contributed by atoms with Crippen molar-refractivity contribution in [3.05, 3.63) is 50.4 Å². The molecule has 10 heteroatoms. The molecular weight excluding hydrogens is 337 g/mol. The van der Waals surface area contributed by atoms with Crippen molar-refractivity contribution in [3.63, 3.8) is 0 Å². The molecule has 1 aromatic carbocycles. The second-order valence-electron chi connectivity index (χ2n) is 3.95. The molecule has 0 spiro atoms. The van der Waals surface area contributed by atoms with Gasteiger partial charge in [0.2, 0.25) is 0 Å². The molecule has 114 valence electrons. The molecule has 0 saturated carbocycles. The Labute approximate surface area is 124 Å². The average Bonchev–Trinajstić information content (AvgIpc) is 2.86. The summed E-state index contributed by atoms with van der Waals surface area (Å²) in [6.07, 6.45) is -3.71. The molecule has 0 fully saturated rings. The summed E-state index contributed by atoms with van der Waals surface area (Å²) in [7, 11) is 0. The first-order valence-corrected chi connectivity index (χ1v) is 6.57. The maximum atomic E-state index is 13.8. The van der Waals surface area contributed by atoms with Crippen molar-refractivity contribution < 1.29 is 22.0 Å². The van der Waals surface area contributed by atoms with E-state index in [1.165, 1.54) is 0 Å². The van der Waals surface area contributed by atoms with E-state index < -0.39 is 33.9 Å².